The summed E-state index contributed by atoms with van der Waals surface area (Å²) in [5.41, 5.74) is 2.13. The highest BCUT2D eigenvalue weighted by Gasteiger charge is 2.18. The minimum atomic E-state index is -0.261. The summed E-state index contributed by atoms with van der Waals surface area (Å²) in [4.78, 5) is 28.2. The molecule has 4 nitrogen and oxygen atoms in total. The van der Waals surface area contributed by atoms with Crippen LogP contribution in [0.2, 0.25) is 5.02 Å². The van der Waals surface area contributed by atoms with Crippen molar-refractivity contribution in [3.8, 4) is 0 Å². The number of anilines is 1. The summed E-state index contributed by atoms with van der Waals surface area (Å²) in [5.74, 6) is -0.115. The van der Waals surface area contributed by atoms with Gasteiger partial charge in [-0.2, -0.15) is 0 Å². The fourth-order valence-corrected chi connectivity index (χ4v) is 4.73. The normalized spacial score (nSPS) is 12.1. The van der Waals surface area contributed by atoms with Crippen LogP contribution in [-0.4, -0.2) is 21.9 Å². The first-order chi connectivity index (χ1) is 11.9. The second-order valence-electron chi connectivity index (χ2n) is 5.47. The lowest BCUT2D eigenvalue weighted by molar-refractivity contribution is -0.114. The highest BCUT2D eigenvalue weighted by molar-refractivity contribution is 8.02. The summed E-state index contributed by atoms with van der Waals surface area (Å²) >= 11 is 8.97. The van der Waals surface area contributed by atoms with Gasteiger partial charge < -0.3 is 5.32 Å². The summed E-state index contributed by atoms with van der Waals surface area (Å²) in [5, 5.41) is 3.07. The number of fused-ring (bicyclic) bond motifs is 1. The number of amides is 1. The molecular formula is C18H15ClN2O2S2. The molecule has 0 fully saturated rings. The number of Topliss-reactive ketones (excluding diaryl/α,β-unsaturated/α-hetero) is 1. The Morgan fingerprint density at radius 1 is 1.20 bits per heavy atom. The molecule has 0 unspecified atom stereocenters. The highest BCUT2D eigenvalue weighted by Crippen LogP contribution is 2.34. The van der Waals surface area contributed by atoms with Crippen LogP contribution in [0.1, 0.15) is 24.2 Å². The predicted octanol–water partition coefficient (Wildman–Crippen LogP) is 5.27. The van der Waals surface area contributed by atoms with Gasteiger partial charge in [-0.15, -0.1) is 11.3 Å². The maximum atomic E-state index is 12.6. The Bertz CT molecular complexity index is 938. The molecule has 3 rings (SSSR count). The summed E-state index contributed by atoms with van der Waals surface area (Å²) in [6.07, 6.45) is 0. The number of hydrogen-bond acceptors (Lipinski definition) is 5. The number of halogens is 1. The summed E-state index contributed by atoms with van der Waals surface area (Å²) < 4.78 is 1.89. The Morgan fingerprint density at radius 2 is 1.92 bits per heavy atom. The van der Waals surface area contributed by atoms with Gasteiger partial charge in [0.15, 0.2) is 10.1 Å². The van der Waals surface area contributed by atoms with Crippen LogP contribution in [0.3, 0.4) is 0 Å². The molecule has 0 saturated carbocycles. The molecule has 0 aliphatic carbocycles. The van der Waals surface area contributed by atoms with Gasteiger partial charge in [0.05, 0.1) is 15.5 Å². The van der Waals surface area contributed by atoms with Gasteiger partial charge in [0.1, 0.15) is 0 Å². The minimum Gasteiger partial charge on any atom is -0.326 e. The van der Waals surface area contributed by atoms with Crippen molar-refractivity contribution in [2.45, 2.75) is 23.4 Å². The molecule has 0 spiro atoms. The minimum absolute atomic E-state index is 0.0247. The lowest BCUT2D eigenvalue weighted by Crippen LogP contribution is -2.13. The van der Waals surface area contributed by atoms with Crippen molar-refractivity contribution >= 4 is 62.3 Å². The van der Waals surface area contributed by atoms with Crippen molar-refractivity contribution in [3.63, 3.8) is 0 Å². The smallest absolute Gasteiger partial charge is 0.221 e. The quantitative estimate of drug-likeness (QED) is 0.476. The Labute approximate surface area is 158 Å². The summed E-state index contributed by atoms with van der Waals surface area (Å²) in [6.45, 7) is 3.32. The number of ketones is 1. The molecule has 3 aromatic rings. The zero-order chi connectivity index (χ0) is 18.0. The Balaban J connectivity index is 1.71. The molecule has 1 atom stereocenters. The van der Waals surface area contributed by atoms with E-state index in [9.17, 15) is 9.59 Å². The lowest BCUT2D eigenvalue weighted by atomic mass is 10.1. The van der Waals surface area contributed by atoms with Crippen molar-refractivity contribution in [2.75, 3.05) is 5.32 Å². The Hall–Kier alpha value is -1.89. The van der Waals surface area contributed by atoms with E-state index < -0.39 is 0 Å². The van der Waals surface area contributed by atoms with Crippen LogP contribution < -0.4 is 5.32 Å². The van der Waals surface area contributed by atoms with Crippen LogP contribution in [0.15, 0.2) is 46.8 Å². The highest BCUT2D eigenvalue weighted by atomic mass is 35.5. The number of carbonyl (C=O) groups excluding carboxylic acids is 2. The standard InChI is InChI=1S/C18H15ClN2O2S2/c1-10(17(23)12-3-6-14(7-4-12)20-11(2)22)24-18-21-15-9-13(19)5-8-16(15)25-18/h3-10H,1-2H3,(H,20,22)/t10-/m0/s1. The van der Waals surface area contributed by atoms with E-state index in [4.69, 9.17) is 11.6 Å². The summed E-state index contributed by atoms with van der Waals surface area (Å²) in [7, 11) is 0. The SMILES string of the molecule is CC(=O)Nc1ccc(C(=O)[C@H](C)Sc2nc3cc(Cl)ccc3s2)cc1. The number of thiazole rings is 1. The van der Waals surface area contributed by atoms with E-state index in [1.54, 1.807) is 35.6 Å². The number of rotatable bonds is 5. The molecular weight excluding hydrogens is 376 g/mol. The monoisotopic (exact) mass is 390 g/mol. The van der Waals surface area contributed by atoms with E-state index in [0.717, 1.165) is 14.6 Å². The van der Waals surface area contributed by atoms with Gasteiger partial charge in [0.25, 0.3) is 0 Å². The number of thioether (sulfide) groups is 1. The topological polar surface area (TPSA) is 59.1 Å². The number of carbonyl (C=O) groups is 2. The average molecular weight is 391 g/mol. The van der Waals surface area contributed by atoms with Gasteiger partial charge in [0, 0.05) is 23.2 Å². The molecule has 2 aromatic carbocycles. The zero-order valence-corrected chi connectivity index (χ0v) is 16.0. The molecule has 1 heterocycles. The summed E-state index contributed by atoms with van der Waals surface area (Å²) in [6, 6.07) is 12.5. The van der Waals surface area contributed by atoms with E-state index in [1.165, 1.54) is 18.7 Å². The first-order valence-electron chi connectivity index (χ1n) is 7.57. The predicted molar refractivity (Wildman–Crippen MR) is 105 cm³/mol. The van der Waals surface area contributed by atoms with Crippen LogP contribution in [0.4, 0.5) is 5.69 Å². The number of nitrogens with zero attached hydrogens (tertiary/aromatic N) is 1. The fraction of sp³-hybridized carbons (Fsp3) is 0.167. The molecule has 0 saturated heterocycles. The number of hydrogen-bond donors (Lipinski definition) is 1. The third-order valence-corrected chi connectivity index (χ3v) is 5.93. The van der Waals surface area contributed by atoms with Crippen LogP contribution >= 0.6 is 34.7 Å². The molecule has 128 valence electrons. The maximum absolute atomic E-state index is 12.6. The number of nitrogens with one attached hydrogen (secondary N) is 1. The van der Waals surface area contributed by atoms with Gasteiger partial charge >= 0.3 is 0 Å². The Morgan fingerprint density at radius 3 is 2.60 bits per heavy atom. The van der Waals surface area contributed by atoms with Gasteiger partial charge in [-0.3, -0.25) is 9.59 Å². The van der Waals surface area contributed by atoms with E-state index in [-0.39, 0.29) is 16.9 Å². The van der Waals surface area contributed by atoms with Crippen LogP contribution in [0.25, 0.3) is 10.2 Å². The first kappa shape index (κ1) is 17.9. The van der Waals surface area contributed by atoms with Gasteiger partial charge in [-0.1, -0.05) is 23.4 Å². The van der Waals surface area contributed by atoms with Crippen molar-refractivity contribution in [1.29, 1.82) is 0 Å². The molecule has 1 amide bonds. The molecule has 0 aliphatic heterocycles. The molecule has 0 bridgehead atoms. The van der Waals surface area contributed by atoms with E-state index in [0.29, 0.717) is 16.3 Å². The zero-order valence-electron chi connectivity index (χ0n) is 13.6. The molecule has 7 heteroatoms. The third-order valence-electron chi connectivity index (χ3n) is 3.47. The third kappa shape index (κ3) is 4.39. The molecule has 25 heavy (non-hydrogen) atoms. The second kappa shape index (κ2) is 7.56. The molecule has 0 radical (unpaired) electrons. The number of benzene rings is 2. The van der Waals surface area contributed by atoms with Crippen molar-refractivity contribution in [2.24, 2.45) is 0 Å². The van der Waals surface area contributed by atoms with E-state index in [2.05, 4.69) is 10.3 Å². The van der Waals surface area contributed by atoms with Crippen molar-refractivity contribution < 1.29 is 9.59 Å². The molecule has 1 aromatic heterocycles. The van der Waals surface area contributed by atoms with Crippen molar-refractivity contribution in [1.82, 2.24) is 4.98 Å². The fourth-order valence-electron chi connectivity index (χ4n) is 2.29. The van der Waals surface area contributed by atoms with E-state index >= 15 is 0 Å². The average Bonchev–Trinajstić information content (AvgIpc) is 2.95. The molecule has 0 aliphatic rings. The first-order valence-corrected chi connectivity index (χ1v) is 9.64. The largest absolute Gasteiger partial charge is 0.326 e. The van der Waals surface area contributed by atoms with Gasteiger partial charge in [-0.05, 0) is 49.4 Å². The Kier molecular flexibility index (Phi) is 5.42. The number of aromatic nitrogens is 1. The van der Waals surface area contributed by atoms with Crippen LogP contribution in [-0.2, 0) is 4.79 Å². The van der Waals surface area contributed by atoms with E-state index in [1.807, 2.05) is 25.1 Å². The molecule has 1 N–H and O–H groups in total. The van der Waals surface area contributed by atoms with Crippen molar-refractivity contribution in [3.05, 3.63) is 53.1 Å². The lowest BCUT2D eigenvalue weighted by Gasteiger charge is -2.09. The van der Waals surface area contributed by atoms with Gasteiger partial charge in [0.2, 0.25) is 5.91 Å². The maximum Gasteiger partial charge on any atom is 0.221 e. The van der Waals surface area contributed by atoms with Crippen LogP contribution in [0, 0.1) is 0 Å². The van der Waals surface area contributed by atoms with Crippen LogP contribution in [0.5, 0.6) is 0 Å². The van der Waals surface area contributed by atoms with Gasteiger partial charge in [-0.25, -0.2) is 4.98 Å². The second-order valence-corrected chi connectivity index (χ2v) is 8.53.